The van der Waals surface area contributed by atoms with E-state index in [4.69, 9.17) is 60.4 Å². The van der Waals surface area contributed by atoms with E-state index < -0.39 is 40.7 Å². The molecular formula is C24H44BrClN9O11P3Pd. The van der Waals surface area contributed by atoms with E-state index in [1.165, 1.54) is 25.0 Å². The predicted molar refractivity (Wildman–Crippen MR) is 193 cm³/mol. The molecule has 0 spiro atoms. The van der Waals surface area contributed by atoms with E-state index in [-0.39, 0.29) is 38.5 Å². The minimum Gasteiger partial charge on any atom is -0.481 e. The Kier molecular flexibility index (Phi) is 37.2. The van der Waals surface area contributed by atoms with Crippen LogP contribution < -0.4 is 28.1 Å². The Labute approximate surface area is 319 Å². The maximum atomic E-state index is 11.5. The van der Waals surface area contributed by atoms with E-state index in [0.29, 0.717) is 41.2 Å². The fourth-order valence-electron chi connectivity index (χ4n) is 2.11. The summed E-state index contributed by atoms with van der Waals surface area (Å²) >= 11 is 3.12. The first kappa shape index (κ1) is 57.1. The molecule has 0 aliphatic carbocycles. The van der Waals surface area contributed by atoms with Crippen molar-refractivity contribution in [3.05, 3.63) is 42.2 Å². The number of hydrogen-bond donors (Lipinski definition) is 7. The van der Waals surface area contributed by atoms with E-state index >= 15 is 0 Å². The molecule has 0 radical (unpaired) electrons. The summed E-state index contributed by atoms with van der Waals surface area (Å²) in [5.41, 5.74) is 17.0. The van der Waals surface area contributed by atoms with Crippen LogP contribution in [0.25, 0.3) is 0 Å². The van der Waals surface area contributed by atoms with Crippen molar-refractivity contribution in [3.8, 4) is 0 Å². The molecule has 3 aromatic rings. The number of nitrogens with two attached hydrogens (primary N) is 3. The standard InChI is InChI=1S/C6H10N3OP.C6H15O3P.C4H4BrN3.C4H6N3O3P.2C2H4O2.ClH.Pd/c1-11(2,10)6-5(7)3-8-4-9-6;1-4-7-10(8-5-2)9-6-3;5-4-3(6)1-7-2-8-4;5-3-1-6-2-7-4(3)11(8,9)10;2*1-2(3)4;;/h3-4H,7H2,1-2H3;4-6H2,1-3H3;1-2H,6H2;1-2H,5H2,(H2,8,9,10);2*1H3,(H,3,4);1H;. The number of aromatic nitrogens is 6. The van der Waals surface area contributed by atoms with Crippen LogP contribution in [0.3, 0.4) is 0 Å². The van der Waals surface area contributed by atoms with Crippen molar-refractivity contribution in [2.45, 2.75) is 34.6 Å². The number of aliphatic carboxylic acids is 2. The summed E-state index contributed by atoms with van der Waals surface area (Å²) in [4.78, 5) is 57.0. The first-order valence-corrected chi connectivity index (χ1v) is 19.3. The number of carboxylic acids is 2. The molecule has 3 heterocycles. The summed E-state index contributed by atoms with van der Waals surface area (Å²) < 4.78 is 38.1. The van der Waals surface area contributed by atoms with E-state index in [1.807, 2.05) is 20.8 Å². The zero-order chi connectivity index (χ0) is 37.9. The zero-order valence-electron chi connectivity index (χ0n) is 28.1. The van der Waals surface area contributed by atoms with Crippen molar-refractivity contribution in [1.82, 2.24) is 29.9 Å². The fraction of sp³-hybridized carbons (Fsp3) is 0.417. The van der Waals surface area contributed by atoms with Crippen LogP contribution in [-0.2, 0) is 52.7 Å². The molecule has 0 aromatic carbocycles. The maximum Gasteiger partial charge on any atom is 0.376 e. The van der Waals surface area contributed by atoms with Gasteiger partial charge in [-0.2, -0.15) is 0 Å². The molecule has 0 atom stereocenters. The van der Waals surface area contributed by atoms with Gasteiger partial charge in [0.1, 0.15) is 36.2 Å². The molecule has 3 aromatic heterocycles. The second kappa shape index (κ2) is 32.6. The molecule has 0 fully saturated rings. The van der Waals surface area contributed by atoms with Gasteiger partial charge in [-0.25, -0.2) is 29.9 Å². The Morgan fingerprint density at radius 3 is 1.22 bits per heavy atom. The Morgan fingerprint density at radius 1 is 0.740 bits per heavy atom. The van der Waals surface area contributed by atoms with Gasteiger partial charge in [0.15, 0.2) is 5.44 Å². The van der Waals surface area contributed by atoms with E-state index in [0.717, 1.165) is 26.4 Å². The number of nitrogen functional groups attached to an aromatic ring is 3. The predicted octanol–water partition coefficient (Wildman–Crippen LogP) is 2.91. The van der Waals surface area contributed by atoms with Gasteiger partial charge in [-0.15, -0.1) is 12.4 Å². The van der Waals surface area contributed by atoms with Gasteiger partial charge >= 0.3 is 16.2 Å². The number of anilines is 3. The Morgan fingerprint density at radius 2 is 1.04 bits per heavy atom. The minimum atomic E-state index is -4.33. The van der Waals surface area contributed by atoms with Crippen molar-refractivity contribution < 1.29 is 72.7 Å². The third kappa shape index (κ3) is 34.2. The van der Waals surface area contributed by atoms with Gasteiger partial charge in [-0.3, -0.25) is 14.2 Å². The Hall–Kier alpha value is -2.30. The summed E-state index contributed by atoms with van der Waals surface area (Å²) in [6.07, 6.45) is 7.96. The zero-order valence-corrected chi connectivity index (χ0v) is 34.7. The number of nitrogens with zero attached hydrogens (tertiary/aromatic N) is 6. The molecule has 290 valence electrons. The molecule has 3 rings (SSSR count). The molecule has 50 heavy (non-hydrogen) atoms. The fourth-order valence-corrected chi connectivity index (χ4v) is 4.77. The molecule has 0 amide bonds. The minimum absolute atomic E-state index is 0. The number of hydrogen-bond acceptors (Lipinski definition) is 16. The van der Waals surface area contributed by atoms with Crippen molar-refractivity contribution in [1.29, 1.82) is 0 Å². The van der Waals surface area contributed by atoms with E-state index in [9.17, 15) is 9.13 Å². The SMILES string of the molecule is CC(=O)O.CC(=O)O.CCOP(OCC)OCC.CP(C)(=O)c1ncncc1N.Cl.Nc1cncnc1Br.Nc1cncnc1P(=O)(O)O.[Pd]. The van der Waals surface area contributed by atoms with Crippen molar-refractivity contribution >= 4 is 91.5 Å². The van der Waals surface area contributed by atoms with Gasteiger partial charge in [0, 0.05) is 34.3 Å². The third-order valence-corrected chi connectivity index (χ3v) is 8.01. The van der Waals surface area contributed by atoms with Gasteiger partial charge in [-0.05, 0) is 50.0 Å². The van der Waals surface area contributed by atoms with Gasteiger partial charge < -0.3 is 55.3 Å². The van der Waals surface area contributed by atoms with Crippen LogP contribution in [0.4, 0.5) is 17.1 Å². The first-order chi connectivity index (χ1) is 22.1. The molecule has 0 unspecified atom stereocenters. The Bertz CT molecular complexity index is 1330. The summed E-state index contributed by atoms with van der Waals surface area (Å²) in [5.74, 6) is -1.67. The number of carboxylic acid groups (broad SMARTS) is 2. The molecule has 0 aliphatic rings. The van der Waals surface area contributed by atoms with Crippen LogP contribution in [-0.4, -0.2) is 95.0 Å². The summed E-state index contributed by atoms with van der Waals surface area (Å²) in [6.45, 7) is 13.1. The molecule has 0 saturated heterocycles. The summed E-state index contributed by atoms with van der Waals surface area (Å²) in [7, 11) is -7.72. The van der Waals surface area contributed by atoms with Crippen molar-refractivity contribution in [2.24, 2.45) is 0 Å². The van der Waals surface area contributed by atoms with E-state index in [1.54, 1.807) is 13.3 Å². The maximum absolute atomic E-state index is 11.5. The van der Waals surface area contributed by atoms with Crippen LogP contribution in [0.5, 0.6) is 0 Å². The summed E-state index contributed by atoms with van der Waals surface area (Å²) in [6, 6.07) is 0. The molecule has 0 aliphatic heterocycles. The number of rotatable bonds is 8. The Balaban J connectivity index is -0.000000167. The monoisotopic (exact) mass is 947 g/mol. The van der Waals surface area contributed by atoms with Crippen LogP contribution in [0.1, 0.15) is 34.6 Å². The van der Waals surface area contributed by atoms with Crippen LogP contribution in [0.15, 0.2) is 42.2 Å². The number of carbonyl (C=O) groups is 2. The van der Waals surface area contributed by atoms with Gasteiger partial charge in [0.25, 0.3) is 11.9 Å². The van der Waals surface area contributed by atoms with Crippen molar-refractivity contribution in [2.75, 3.05) is 50.4 Å². The molecule has 26 heteroatoms. The first-order valence-electron chi connectivity index (χ1n) is 13.2. The molecular weight excluding hydrogens is 905 g/mol. The largest absolute Gasteiger partial charge is 0.481 e. The normalized spacial score (nSPS) is 9.66. The van der Waals surface area contributed by atoms with Crippen LogP contribution >= 0.6 is 51.7 Å². The van der Waals surface area contributed by atoms with Gasteiger partial charge in [0.2, 0.25) is 0 Å². The number of halogens is 2. The van der Waals surface area contributed by atoms with Crippen molar-refractivity contribution in [3.63, 3.8) is 0 Å². The molecule has 0 saturated carbocycles. The van der Waals surface area contributed by atoms with Crippen LogP contribution in [0.2, 0.25) is 0 Å². The van der Waals surface area contributed by atoms with Crippen LogP contribution in [0, 0.1) is 0 Å². The second-order valence-corrected chi connectivity index (χ2v) is 14.9. The summed E-state index contributed by atoms with van der Waals surface area (Å²) in [5, 5.41) is 14.8. The quantitative estimate of drug-likeness (QED) is 0.0969. The third-order valence-electron chi connectivity index (χ3n) is 3.62. The molecule has 10 N–H and O–H groups in total. The average molecular weight is 949 g/mol. The van der Waals surface area contributed by atoms with Gasteiger partial charge in [0.05, 0.1) is 55.5 Å². The molecule has 20 nitrogen and oxygen atoms in total. The van der Waals surface area contributed by atoms with Gasteiger partial charge in [-0.1, -0.05) is 0 Å². The molecule has 0 bridgehead atoms. The topological polar surface area (TPSA) is 332 Å². The van der Waals surface area contributed by atoms with E-state index in [2.05, 4.69) is 45.8 Å². The average Bonchev–Trinajstić information content (AvgIpc) is 2.95. The smallest absolute Gasteiger partial charge is 0.376 e. The second-order valence-electron chi connectivity index (χ2n) is 8.28.